The van der Waals surface area contributed by atoms with Crippen LogP contribution in [0.1, 0.15) is 24.0 Å². The lowest BCUT2D eigenvalue weighted by Crippen LogP contribution is -2.31. The number of rotatable bonds is 4. The summed E-state index contributed by atoms with van der Waals surface area (Å²) in [5, 5.41) is 3.57. The van der Waals surface area contributed by atoms with Gasteiger partial charge in [0.2, 0.25) is 0 Å². The van der Waals surface area contributed by atoms with Crippen LogP contribution in [0.2, 0.25) is 0 Å². The van der Waals surface area contributed by atoms with E-state index in [9.17, 15) is 9.59 Å². The number of allylic oxidation sites excluding steroid dienone is 1. The maximum absolute atomic E-state index is 12.8. The number of ether oxygens (including phenoxy) is 2. The number of H-pyrrole nitrogens is 1. The number of carbonyl (C=O) groups is 1. The molecule has 0 radical (unpaired) electrons. The van der Waals surface area contributed by atoms with Gasteiger partial charge in [-0.1, -0.05) is 30.0 Å². The summed E-state index contributed by atoms with van der Waals surface area (Å²) in [5.41, 5.74) is 1.69. The van der Waals surface area contributed by atoms with E-state index in [2.05, 4.69) is 15.3 Å². The molecule has 1 aromatic carbocycles. The van der Waals surface area contributed by atoms with E-state index in [0.29, 0.717) is 39.1 Å². The molecule has 3 rings (SSSR count). The van der Waals surface area contributed by atoms with Gasteiger partial charge in [0.25, 0.3) is 5.56 Å². The number of carbonyl (C=O) groups excluding carboxylic acids is 1. The smallest absolute Gasteiger partial charge is 0.336 e. The van der Waals surface area contributed by atoms with Gasteiger partial charge >= 0.3 is 5.97 Å². The van der Waals surface area contributed by atoms with Crippen LogP contribution in [0, 0.1) is 0 Å². The molecule has 136 valence electrons. The molecule has 2 aromatic rings. The number of thioether (sulfide) groups is 1. The molecule has 1 aliphatic rings. The van der Waals surface area contributed by atoms with E-state index in [1.54, 1.807) is 20.1 Å². The summed E-state index contributed by atoms with van der Waals surface area (Å²) in [6, 6.07) is 7.29. The van der Waals surface area contributed by atoms with Crippen molar-refractivity contribution in [2.75, 3.05) is 25.8 Å². The van der Waals surface area contributed by atoms with Gasteiger partial charge in [0.1, 0.15) is 11.6 Å². The van der Waals surface area contributed by atoms with Gasteiger partial charge in [-0.3, -0.25) is 4.79 Å². The minimum atomic E-state index is -0.651. The Labute approximate surface area is 154 Å². The number of hydrogen-bond acceptors (Lipinski definition) is 7. The predicted octanol–water partition coefficient (Wildman–Crippen LogP) is 2.50. The van der Waals surface area contributed by atoms with E-state index in [0.717, 1.165) is 0 Å². The zero-order chi connectivity index (χ0) is 18.8. The number of aromatic nitrogens is 2. The molecule has 0 bridgehead atoms. The summed E-state index contributed by atoms with van der Waals surface area (Å²) >= 11 is 1.33. The van der Waals surface area contributed by atoms with E-state index >= 15 is 0 Å². The Bertz CT molecular complexity index is 952. The maximum atomic E-state index is 12.8. The molecule has 0 saturated heterocycles. The highest BCUT2D eigenvalue weighted by molar-refractivity contribution is 7.98. The predicted molar refractivity (Wildman–Crippen MR) is 99.8 cm³/mol. The van der Waals surface area contributed by atoms with Crippen molar-refractivity contribution in [2.24, 2.45) is 0 Å². The molecule has 0 amide bonds. The van der Waals surface area contributed by atoms with Crippen LogP contribution < -0.4 is 15.6 Å². The van der Waals surface area contributed by atoms with Crippen molar-refractivity contribution in [1.29, 1.82) is 0 Å². The van der Waals surface area contributed by atoms with Gasteiger partial charge in [-0.15, -0.1) is 0 Å². The van der Waals surface area contributed by atoms with Crippen molar-refractivity contribution in [2.45, 2.75) is 18.0 Å². The van der Waals surface area contributed by atoms with Crippen LogP contribution in [-0.4, -0.2) is 36.4 Å². The van der Waals surface area contributed by atoms with Crippen LogP contribution in [0.15, 0.2) is 45.5 Å². The number of para-hydroxylation sites is 1. The monoisotopic (exact) mass is 373 g/mol. The molecular weight excluding hydrogens is 354 g/mol. The highest BCUT2D eigenvalue weighted by Gasteiger charge is 2.37. The number of aromatic amines is 1. The Balaban J connectivity index is 2.34. The van der Waals surface area contributed by atoms with Crippen LogP contribution in [0.4, 0.5) is 5.82 Å². The number of methoxy groups -OCH3 is 2. The maximum Gasteiger partial charge on any atom is 0.336 e. The topological polar surface area (TPSA) is 93.3 Å². The summed E-state index contributed by atoms with van der Waals surface area (Å²) in [6.45, 7) is 1.76. The van der Waals surface area contributed by atoms with Crippen LogP contribution >= 0.6 is 11.8 Å². The molecule has 8 heteroatoms. The molecule has 1 aliphatic heterocycles. The molecule has 0 fully saturated rings. The number of nitrogens with one attached hydrogen (secondary N) is 2. The highest BCUT2D eigenvalue weighted by Crippen LogP contribution is 2.42. The molecule has 0 saturated carbocycles. The number of nitrogens with zero attached hydrogens (tertiary/aromatic N) is 1. The first-order chi connectivity index (χ1) is 12.5. The second-order valence-corrected chi connectivity index (χ2v) is 6.46. The average Bonchev–Trinajstić information content (AvgIpc) is 2.65. The van der Waals surface area contributed by atoms with E-state index < -0.39 is 11.9 Å². The van der Waals surface area contributed by atoms with Crippen LogP contribution in [-0.2, 0) is 9.53 Å². The van der Waals surface area contributed by atoms with Crippen molar-refractivity contribution in [1.82, 2.24) is 9.97 Å². The Morgan fingerprint density at radius 2 is 2.00 bits per heavy atom. The molecule has 26 heavy (non-hydrogen) atoms. The lowest BCUT2D eigenvalue weighted by Gasteiger charge is -2.29. The molecule has 1 aromatic heterocycles. The van der Waals surface area contributed by atoms with Gasteiger partial charge < -0.3 is 19.8 Å². The van der Waals surface area contributed by atoms with Crippen molar-refractivity contribution < 1.29 is 14.3 Å². The second kappa shape index (κ2) is 7.25. The Morgan fingerprint density at radius 3 is 2.65 bits per heavy atom. The number of hydrogen-bond donors (Lipinski definition) is 2. The summed E-state index contributed by atoms with van der Waals surface area (Å²) in [7, 11) is 2.87. The van der Waals surface area contributed by atoms with Crippen molar-refractivity contribution >= 4 is 23.5 Å². The van der Waals surface area contributed by atoms with E-state index in [-0.39, 0.29) is 5.56 Å². The van der Waals surface area contributed by atoms with E-state index in [1.807, 2.05) is 24.5 Å². The highest BCUT2D eigenvalue weighted by atomic mass is 32.2. The minimum Gasteiger partial charge on any atom is -0.496 e. The number of benzene rings is 1. The summed E-state index contributed by atoms with van der Waals surface area (Å²) in [4.78, 5) is 32.6. The van der Waals surface area contributed by atoms with Crippen molar-refractivity contribution in [3.63, 3.8) is 0 Å². The second-order valence-electron chi connectivity index (χ2n) is 5.67. The van der Waals surface area contributed by atoms with Crippen molar-refractivity contribution in [3.05, 3.63) is 57.0 Å². The van der Waals surface area contributed by atoms with Gasteiger partial charge in [0.15, 0.2) is 5.16 Å². The molecule has 2 heterocycles. The fraction of sp³-hybridized carbons (Fsp3) is 0.278. The number of esters is 1. The molecule has 1 atom stereocenters. The van der Waals surface area contributed by atoms with Gasteiger partial charge in [-0.05, 0) is 19.2 Å². The van der Waals surface area contributed by atoms with E-state index in [1.165, 1.54) is 18.9 Å². The SMILES string of the molecule is COC(=O)C1=C(C)Nc2nc(SC)[nH]c(=O)c2C1c1ccccc1OC. The first-order valence-corrected chi connectivity index (χ1v) is 9.11. The van der Waals surface area contributed by atoms with Gasteiger partial charge in [0.05, 0.1) is 31.3 Å². The molecule has 1 unspecified atom stereocenters. The number of fused-ring (bicyclic) bond motifs is 1. The summed E-state index contributed by atoms with van der Waals surface area (Å²) in [5.74, 6) is -0.154. The molecule has 2 N–H and O–H groups in total. The Morgan fingerprint density at radius 1 is 1.27 bits per heavy atom. The largest absolute Gasteiger partial charge is 0.496 e. The fourth-order valence-corrected chi connectivity index (χ4v) is 3.50. The third kappa shape index (κ3) is 2.96. The van der Waals surface area contributed by atoms with E-state index in [4.69, 9.17) is 9.47 Å². The minimum absolute atomic E-state index is 0.309. The lowest BCUT2D eigenvalue weighted by atomic mass is 9.82. The normalized spacial score (nSPS) is 15.9. The molecule has 0 spiro atoms. The fourth-order valence-electron chi connectivity index (χ4n) is 3.12. The quantitative estimate of drug-likeness (QED) is 0.483. The third-order valence-corrected chi connectivity index (χ3v) is 4.85. The first-order valence-electron chi connectivity index (χ1n) is 7.89. The molecule has 0 aliphatic carbocycles. The van der Waals surface area contributed by atoms with Crippen LogP contribution in [0.3, 0.4) is 0 Å². The molecule has 7 nitrogen and oxygen atoms in total. The Hall–Kier alpha value is -2.74. The summed E-state index contributed by atoms with van der Waals surface area (Å²) < 4.78 is 10.4. The lowest BCUT2D eigenvalue weighted by molar-refractivity contribution is -0.136. The van der Waals surface area contributed by atoms with Crippen LogP contribution in [0.5, 0.6) is 5.75 Å². The van der Waals surface area contributed by atoms with Crippen molar-refractivity contribution in [3.8, 4) is 5.75 Å². The zero-order valence-corrected chi connectivity index (χ0v) is 15.7. The van der Waals surface area contributed by atoms with Gasteiger partial charge in [-0.2, -0.15) is 0 Å². The zero-order valence-electron chi connectivity index (χ0n) is 14.9. The Kier molecular flexibility index (Phi) is 5.03. The number of anilines is 1. The van der Waals surface area contributed by atoms with Gasteiger partial charge in [0, 0.05) is 11.3 Å². The van der Waals surface area contributed by atoms with Crippen LogP contribution in [0.25, 0.3) is 0 Å². The average molecular weight is 373 g/mol. The standard InChI is InChI=1S/C18H19N3O4S/c1-9-12(17(23)25-3)13(10-7-5-6-8-11(10)24-2)14-15(19-9)20-18(26-4)21-16(14)22/h5-8,13H,1-4H3,(H2,19,20,21,22). The summed E-state index contributed by atoms with van der Waals surface area (Å²) in [6.07, 6.45) is 1.83. The third-order valence-electron chi connectivity index (χ3n) is 4.27. The van der Waals surface area contributed by atoms with Gasteiger partial charge in [-0.25, -0.2) is 9.78 Å². The first kappa shape index (κ1) is 18.1. The molecular formula is C18H19N3O4S.